The van der Waals surface area contributed by atoms with Crippen LogP contribution in [0.3, 0.4) is 0 Å². The maximum absolute atomic E-state index is 11.6. The maximum Gasteiger partial charge on any atom is 0.308 e. The van der Waals surface area contributed by atoms with Gasteiger partial charge >= 0.3 is 5.97 Å². The van der Waals surface area contributed by atoms with Crippen LogP contribution in [0.4, 0.5) is 0 Å². The Morgan fingerprint density at radius 2 is 2.00 bits per heavy atom. The number of carboxylic acid groups (broad SMARTS) is 1. The van der Waals surface area contributed by atoms with Gasteiger partial charge in [-0.2, -0.15) is 0 Å². The van der Waals surface area contributed by atoms with E-state index in [0.717, 1.165) is 31.8 Å². The molecule has 0 spiro atoms. The van der Waals surface area contributed by atoms with Crippen LogP contribution in [0.5, 0.6) is 0 Å². The summed E-state index contributed by atoms with van der Waals surface area (Å²) < 4.78 is 0. The van der Waals surface area contributed by atoms with E-state index in [1.165, 1.54) is 12.8 Å². The van der Waals surface area contributed by atoms with Crippen molar-refractivity contribution in [2.24, 2.45) is 11.8 Å². The second-order valence-electron chi connectivity index (χ2n) is 5.44. The van der Waals surface area contributed by atoms with Gasteiger partial charge < -0.3 is 15.7 Å². The number of rotatable bonds is 6. The summed E-state index contributed by atoms with van der Waals surface area (Å²) >= 11 is 0. The van der Waals surface area contributed by atoms with Crippen molar-refractivity contribution in [3.63, 3.8) is 0 Å². The smallest absolute Gasteiger partial charge is 0.308 e. The molecule has 5 heteroatoms. The van der Waals surface area contributed by atoms with E-state index in [2.05, 4.69) is 10.6 Å². The lowest BCUT2D eigenvalue weighted by atomic mass is 9.92. The molecule has 0 radical (unpaired) electrons. The molecule has 1 heterocycles. The molecule has 2 fully saturated rings. The SMILES string of the molecule is O=C(CCCC1CCNCC1)NC1CC1C(=O)O. The average molecular weight is 254 g/mol. The fourth-order valence-corrected chi connectivity index (χ4v) is 2.63. The molecule has 102 valence electrons. The van der Waals surface area contributed by atoms with Gasteiger partial charge in [-0.25, -0.2) is 0 Å². The zero-order valence-corrected chi connectivity index (χ0v) is 10.7. The summed E-state index contributed by atoms with van der Waals surface area (Å²) in [5, 5.41) is 14.8. The Kier molecular flexibility index (Phi) is 4.58. The number of carbonyl (C=O) groups is 2. The van der Waals surface area contributed by atoms with E-state index in [9.17, 15) is 9.59 Å². The molecule has 1 aliphatic heterocycles. The van der Waals surface area contributed by atoms with Crippen molar-refractivity contribution >= 4 is 11.9 Å². The third-order valence-corrected chi connectivity index (χ3v) is 3.93. The van der Waals surface area contributed by atoms with Crippen molar-refractivity contribution in [3.05, 3.63) is 0 Å². The minimum atomic E-state index is -0.796. The number of carbonyl (C=O) groups excluding carboxylic acids is 1. The first-order valence-electron chi connectivity index (χ1n) is 6.89. The lowest BCUT2D eigenvalue weighted by Gasteiger charge is -2.22. The zero-order valence-electron chi connectivity index (χ0n) is 10.7. The van der Waals surface area contributed by atoms with Crippen LogP contribution < -0.4 is 10.6 Å². The van der Waals surface area contributed by atoms with Crippen molar-refractivity contribution < 1.29 is 14.7 Å². The fourth-order valence-electron chi connectivity index (χ4n) is 2.63. The van der Waals surface area contributed by atoms with Gasteiger partial charge in [-0.05, 0) is 51.1 Å². The van der Waals surface area contributed by atoms with Crippen molar-refractivity contribution in [2.45, 2.75) is 44.6 Å². The summed E-state index contributed by atoms with van der Waals surface area (Å²) in [4.78, 5) is 22.2. The number of hydrogen-bond donors (Lipinski definition) is 3. The molecule has 2 unspecified atom stereocenters. The Morgan fingerprint density at radius 1 is 1.28 bits per heavy atom. The van der Waals surface area contributed by atoms with E-state index in [1.807, 2.05) is 0 Å². The number of nitrogens with one attached hydrogen (secondary N) is 2. The molecule has 0 bridgehead atoms. The van der Waals surface area contributed by atoms with Gasteiger partial charge in [0.05, 0.1) is 5.92 Å². The van der Waals surface area contributed by atoms with Crippen molar-refractivity contribution in [3.8, 4) is 0 Å². The summed E-state index contributed by atoms with van der Waals surface area (Å²) in [6.07, 6.45) is 5.59. The van der Waals surface area contributed by atoms with Gasteiger partial charge in [0.15, 0.2) is 0 Å². The van der Waals surface area contributed by atoms with Crippen LogP contribution in [0.2, 0.25) is 0 Å². The summed E-state index contributed by atoms with van der Waals surface area (Å²) in [6, 6.07) is -0.117. The quantitative estimate of drug-likeness (QED) is 0.653. The molecule has 2 rings (SSSR count). The maximum atomic E-state index is 11.6. The second kappa shape index (κ2) is 6.18. The van der Waals surface area contributed by atoms with Crippen molar-refractivity contribution in [1.29, 1.82) is 0 Å². The van der Waals surface area contributed by atoms with Crippen LogP contribution in [0.1, 0.15) is 38.5 Å². The lowest BCUT2D eigenvalue weighted by Crippen LogP contribution is -2.29. The molecule has 0 aromatic carbocycles. The topological polar surface area (TPSA) is 78.4 Å². The van der Waals surface area contributed by atoms with Crippen LogP contribution in [0.15, 0.2) is 0 Å². The van der Waals surface area contributed by atoms with Crippen LogP contribution in [-0.2, 0) is 9.59 Å². The molecule has 2 aliphatic rings. The number of aliphatic carboxylic acids is 1. The molecule has 5 nitrogen and oxygen atoms in total. The van der Waals surface area contributed by atoms with Crippen LogP contribution in [0.25, 0.3) is 0 Å². The van der Waals surface area contributed by atoms with Crippen molar-refractivity contribution in [1.82, 2.24) is 10.6 Å². The Bertz CT molecular complexity index is 313. The minimum absolute atomic E-state index is 0.0117. The Balaban J connectivity index is 1.54. The molecule has 1 saturated carbocycles. The van der Waals surface area contributed by atoms with Crippen LogP contribution in [0, 0.1) is 11.8 Å². The predicted octanol–water partition coefficient (Wildman–Crippen LogP) is 0.746. The largest absolute Gasteiger partial charge is 0.481 e. The molecule has 2 atom stereocenters. The number of carboxylic acids is 1. The van der Waals surface area contributed by atoms with Crippen molar-refractivity contribution in [2.75, 3.05) is 13.1 Å². The standard InChI is InChI=1S/C13H22N2O3/c16-12(15-11-8-10(11)13(17)18)3-1-2-9-4-6-14-7-5-9/h9-11,14H,1-8H2,(H,15,16)(H,17,18). The third-order valence-electron chi connectivity index (χ3n) is 3.93. The molecule has 3 N–H and O–H groups in total. The predicted molar refractivity (Wildman–Crippen MR) is 67.1 cm³/mol. The number of amides is 1. The van der Waals surface area contributed by atoms with Gasteiger partial charge in [0, 0.05) is 12.5 Å². The van der Waals surface area contributed by atoms with Gasteiger partial charge in [-0.1, -0.05) is 0 Å². The third kappa shape index (κ3) is 3.98. The summed E-state index contributed by atoms with van der Waals surface area (Å²) in [6.45, 7) is 2.19. The molecule has 1 aliphatic carbocycles. The van der Waals surface area contributed by atoms with E-state index < -0.39 is 5.97 Å². The van der Waals surface area contributed by atoms with Gasteiger partial charge in [-0.3, -0.25) is 9.59 Å². The molecule has 0 aromatic rings. The average Bonchev–Trinajstić information content (AvgIpc) is 3.10. The summed E-state index contributed by atoms with van der Waals surface area (Å²) in [7, 11) is 0. The van der Waals surface area contributed by atoms with Gasteiger partial charge in [0.2, 0.25) is 5.91 Å². The fraction of sp³-hybridized carbons (Fsp3) is 0.846. The van der Waals surface area contributed by atoms with Gasteiger partial charge in [-0.15, -0.1) is 0 Å². The first kappa shape index (κ1) is 13.3. The second-order valence-corrected chi connectivity index (χ2v) is 5.44. The first-order chi connectivity index (χ1) is 8.66. The molecule has 1 amide bonds. The van der Waals surface area contributed by atoms with Gasteiger partial charge in [0.1, 0.15) is 0 Å². The van der Waals surface area contributed by atoms with E-state index in [4.69, 9.17) is 5.11 Å². The summed E-state index contributed by atoms with van der Waals surface area (Å²) in [5.74, 6) is -0.377. The first-order valence-corrected chi connectivity index (χ1v) is 6.89. The number of hydrogen-bond acceptors (Lipinski definition) is 3. The highest BCUT2D eigenvalue weighted by atomic mass is 16.4. The Hall–Kier alpha value is -1.10. The number of piperidine rings is 1. The minimum Gasteiger partial charge on any atom is -0.481 e. The zero-order chi connectivity index (χ0) is 13.0. The highest BCUT2D eigenvalue weighted by Gasteiger charge is 2.44. The molecule has 18 heavy (non-hydrogen) atoms. The Labute approximate surface area is 107 Å². The highest BCUT2D eigenvalue weighted by molar-refractivity contribution is 5.80. The lowest BCUT2D eigenvalue weighted by molar-refractivity contribution is -0.138. The van der Waals surface area contributed by atoms with E-state index in [1.54, 1.807) is 0 Å². The van der Waals surface area contributed by atoms with E-state index in [0.29, 0.717) is 12.8 Å². The molecule has 0 aromatic heterocycles. The highest BCUT2D eigenvalue weighted by Crippen LogP contribution is 2.30. The molecule has 1 saturated heterocycles. The summed E-state index contributed by atoms with van der Waals surface area (Å²) in [5.41, 5.74) is 0. The normalized spacial score (nSPS) is 27.8. The van der Waals surface area contributed by atoms with E-state index >= 15 is 0 Å². The van der Waals surface area contributed by atoms with Crippen LogP contribution in [-0.4, -0.2) is 36.1 Å². The van der Waals surface area contributed by atoms with Crippen LogP contribution >= 0.6 is 0 Å². The monoisotopic (exact) mass is 254 g/mol. The van der Waals surface area contributed by atoms with Gasteiger partial charge in [0.25, 0.3) is 0 Å². The molecular formula is C13H22N2O3. The Morgan fingerprint density at radius 3 is 2.61 bits per heavy atom. The molecular weight excluding hydrogens is 232 g/mol. The van der Waals surface area contributed by atoms with E-state index in [-0.39, 0.29) is 17.9 Å².